The van der Waals surface area contributed by atoms with Gasteiger partial charge in [-0.1, -0.05) is 90.4 Å². The number of nitrogens with zero attached hydrogens (tertiary/aromatic N) is 2. The van der Waals surface area contributed by atoms with E-state index in [0.717, 1.165) is 31.4 Å². The Kier molecular flexibility index (Phi) is 13.1. The molecule has 0 spiro atoms. The zero-order valence-electron chi connectivity index (χ0n) is 20.6. The van der Waals surface area contributed by atoms with Crippen molar-refractivity contribution in [1.82, 2.24) is 10.2 Å². The number of aliphatic imine (C=N–C) groups is 1. The summed E-state index contributed by atoms with van der Waals surface area (Å²) < 4.78 is 5.95. The Morgan fingerprint density at radius 3 is 1.84 bits per heavy atom. The number of rotatable bonds is 17. The van der Waals surface area contributed by atoms with Gasteiger partial charge < -0.3 is 15.2 Å². The van der Waals surface area contributed by atoms with Gasteiger partial charge in [0.15, 0.2) is 12.0 Å². The molecule has 0 bridgehead atoms. The van der Waals surface area contributed by atoms with Gasteiger partial charge in [0.2, 0.25) is 0 Å². The number of hydrogen-bond acceptors (Lipinski definition) is 5. The van der Waals surface area contributed by atoms with E-state index in [1.165, 1.54) is 89.9 Å². The minimum absolute atomic E-state index is 0.160. The van der Waals surface area contributed by atoms with E-state index in [1.807, 2.05) is 19.0 Å². The van der Waals surface area contributed by atoms with Crippen molar-refractivity contribution in [3.63, 3.8) is 0 Å². The Hall–Kier alpha value is -1.23. The molecule has 1 saturated carbocycles. The van der Waals surface area contributed by atoms with Crippen LogP contribution in [0.2, 0.25) is 0 Å². The predicted octanol–water partition coefficient (Wildman–Crippen LogP) is 7.04. The fourth-order valence-electron chi connectivity index (χ4n) is 4.22. The van der Waals surface area contributed by atoms with Gasteiger partial charge in [-0.15, -0.1) is 0 Å². The van der Waals surface area contributed by atoms with Gasteiger partial charge in [0.25, 0.3) is 5.90 Å². The van der Waals surface area contributed by atoms with E-state index in [4.69, 9.17) is 4.74 Å². The first-order valence-corrected chi connectivity index (χ1v) is 13.2. The van der Waals surface area contributed by atoms with Gasteiger partial charge in [0.1, 0.15) is 6.10 Å². The van der Waals surface area contributed by atoms with Crippen molar-refractivity contribution in [2.75, 3.05) is 14.1 Å². The highest BCUT2D eigenvalue weighted by Crippen LogP contribution is 2.26. The van der Waals surface area contributed by atoms with E-state index >= 15 is 0 Å². The number of ether oxygens (including phenoxy) is 1. The van der Waals surface area contributed by atoms with E-state index in [2.05, 4.69) is 17.2 Å². The molecule has 0 saturated heterocycles. The van der Waals surface area contributed by atoms with Crippen LogP contribution in [-0.2, 0) is 4.74 Å². The summed E-state index contributed by atoms with van der Waals surface area (Å²) in [6.45, 7) is 2.28. The summed E-state index contributed by atoms with van der Waals surface area (Å²) in [6.07, 6.45) is 23.3. The largest absolute Gasteiger partial charge is 0.502 e. The highest BCUT2D eigenvalue weighted by molar-refractivity contribution is 5.92. The van der Waals surface area contributed by atoms with Crippen LogP contribution in [0.4, 0.5) is 0 Å². The molecular weight excluding hydrogens is 386 g/mol. The maximum atomic E-state index is 10.6. The molecule has 1 atom stereocenters. The first-order chi connectivity index (χ1) is 15.1. The van der Waals surface area contributed by atoms with Gasteiger partial charge in [0.05, 0.1) is 5.70 Å². The minimum Gasteiger partial charge on any atom is -0.502 e. The van der Waals surface area contributed by atoms with E-state index in [9.17, 15) is 5.11 Å². The topological polar surface area (TPSA) is 57.1 Å². The lowest BCUT2D eigenvalue weighted by molar-refractivity contribution is 0.0977. The zero-order valence-corrected chi connectivity index (χ0v) is 20.6. The van der Waals surface area contributed by atoms with Crippen LogP contribution in [0.25, 0.3) is 0 Å². The number of aliphatic hydroxyl groups excluding tert-OH is 1. The second-order valence-corrected chi connectivity index (χ2v) is 9.76. The molecule has 5 heteroatoms. The van der Waals surface area contributed by atoms with Gasteiger partial charge in [-0.25, -0.2) is 4.99 Å². The van der Waals surface area contributed by atoms with Crippen LogP contribution in [0.1, 0.15) is 122 Å². The van der Waals surface area contributed by atoms with Crippen molar-refractivity contribution < 1.29 is 9.84 Å². The molecule has 1 unspecified atom stereocenters. The molecule has 0 radical (unpaired) electrons. The van der Waals surface area contributed by atoms with Crippen LogP contribution in [0.15, 0.2) is 16.4 Å². The number of hydrogen-bond donors (Lipinski definition) is 2. The summed E-state index contributed by atoms with van der Waals surface area (Å²) in [5.74, 6) is 0.655. The van der Waals surface area contributed by atoms with Crippen molar-refractivity contribution in [2.45, 2.75) is 135 Å². The molecule has 0 aromatic rings. The van der Waals surface area contributed by atoms with Crippen LogP contribution in [-0.4, -0.2) is 42.4 Å². The van der Waals surface area contributed by atoms with Crippen LogP contribution in [0.3, 0.4) is 0 Å². The number of aliphatic hydroxyl groups is 1. The number of unbranched alkanes of at least 4 members (excludes halogenated alkanes) is 13. The molecule has 1 aliphatic heterocycles. The maximum Gasteiger partial charge on any atom is 0.257 e. The smallest absolute Gasteiger partial charge is 0.257 e. The average molecular weight is 436 g/mol. The zero-order chi connectivity index (χ0) is 22.3. The lowest BCUT2D eigenvalue weighted by Gasteiger charge is -2.32. The van der Waals surface area contributed by atoms with Crippen molar-refractivity contribution >= 4 is 5.90 Å². The molecule has 1 fully saturated rings. The SMILES string of the molecule is CCCCCCCCCCCCCCCCC1=C(O)C(OC2CCC2)=NC(N(C)C)N1. The quantitative estimate of drug-likeness (QED) is 0.240. The van der Waals surface area contributed by atoms with Crippen LogP contribution in [0.5, 0.6) is 0 Å². The molecule has 5 nitrogen and oxygen atoms in total. The first kappa shape index (κ1) is 26.0. The highest BCUT2D eigenvalue weighted by Gasteiger charge is 2.29. The molecule has 1 aliphatic carbocycles. The summed E-state index contributed by atoms with van der Waals surface area (Å²) >= 11 is 0. The molecule has 0 amide bonds. The first-order valence-electron chi connectivity index (χ1n) is 13.2. The Bertz CT molecular complexity index is 541. The summed E-state index contributed by atoms with van der Waals surface area (Å²) in [4.78, 5) is 6.57. The van der Waals surface area contributed by atoms with E-state index < -0.39 is 0 Å². The molecule has 1 heterocycles. The molecule has 0 aromatic carbocycles. The maximum absolute atomic E-state index is 10.6. The normalized spacial score (nSPS) is 19.4. The summed E-state index contributed by atoms with van der Waals surface area (Å²) in [7, 11) is 3.99. The molecule has 2 rings (SSSR count). The van der Waals surface area contributed by atoms with E-state index in [-0.39, 0.29) is 18.2 Å². The van der Waals surface area contributed by atoms with Crippen molar-refractivity contribution in [1.29, 1.82) is 0 Å². The molecule has 2 N–H and O–H groups in total. The van der Waals surface area contributed by atoms with Crippen molar-refractivity contribution in [3.05, 3.63) is 11.5 Å². The van der Waals surface area contributed by atoms with Crippen LogP contribution < -0.4 is 5.32 Å². The predicted molar refractivity (Wildman–Crippen MR) is 131 cm³/mol. The van der Waals surface area contributed by atoms with Gasteiger partial charge >= 0.3 is 0 Å². The van der Waals surface area contributed by atoms with E-state index in [0.29, 0.717) is 5.90 Å². The molecular formula is C26H49N3O2. The van der Waals surface area contributed by atoms with Gasteiger partial charge in [0, 0.05) is 0 Å². The van der Waals surface area contributed by atoms with Crippen molar-refractivity contribution in [2.24, 2.45) is 4.99 Å². The summed E-state index contributed by atoms with van der Waals surface area (Å²) in [6, 6.07) is 0. The number of allylic oxidation sites excluding steroid dienone is 1. The van der Waals surface area contributed by atoms with Gasteiger partial charge in [-0.05, 0) is 46.2 Å². The van der Waals surface area contributed by atoms with E-state index in [1.54, 1.807) is 0 Å². The second kappa shape index (κ2) is 15.6. The van der Waals surface area contributed by atoms with Crippen LogP contribution in [0, 0.1) is 0 Å². The number of nitrogens with one attached hydrogen (secondary N) is 1. The Morgan fingerprint density at radius 1 is 0.871 bits per heavy atom. The Balaban J connectivity index is 1.53. The standard InChI is InChI=1S/C26H49N3O2/c1-4-5-6-7-8-9-10-11-12-13-14-15-16-17-21-23-24(30)25(31-22-19-18-20-22)28-26(27-23)29(2)3/h22,26-27,30H,4-21H2,1-3H3. The minimum atomic E-state index is -0.160. The molecule has 31 heavy (non-hydrogen) atoms. The summed E-state index contributed by atoms with van der Waals surface area (Å²) in [5, 5.41) is 14.0. The molecule has 0 aromatic heterocycles. The lowest BCUT2D eigenvalue weighted by Crippen LogP contribution is -2.44. The third-order valence-electron chi connectivity index (χ3n) is 6.63. The fraction of sp³-hybridized carbons (Fsp3) is 0.885. The monoisotopic (exact) mass is 435 g/mol. The fourth-order valence-corrected chi connectivity index (χ4v) is 4.22. The Labute approximate surface area is 191 Å². The third kappa shape index (κ3) is 10.3. The second-order valence-electron chi connectivity index (χ2n) is 9.76. The summed E-state index contributed by atoms with van der Waals surface area (Å²) in [5.41, 5.74) is 0.891. The lowest BCUT2D eigenvalue weighted by atomic mass is 9.96. The molecule has 180 valence electrons. The van der Waals surface area contributed by atoms with Crippen LogP contribution >= 0.6 is 0 Å². The van der Waals surface area contributed by atoms with Gasteiger partial charge in [-0.2, -0.15) is 0 Å². The van der Waals surface area contributed by atoms with Crippen molar-refractivity contribution in [3.8, 4) is 0 Å². The average Bonchev–Trinajstić information content (AvgIpc) is 2.72. The third-order valence-corrected chi connectivity index (χ3v) is 6.63. The Morgan fingerprint density at radius 2 is 1.39 bits per heavy atom. The van der Waals surface area contributed by atoms with Gasteiger partial charge in [-0.3, -0.25) is 4.90 Å². The molecule has 2 aliphatic rings. The highest BCUT2D eigenvalue weighted by atomic mass is 16.5.